The molecule has 0 radical (unpaired) electrons. The molecule has 23 heavy (non-hydrogen) atoms. The molecule has 0 amide bonds. The first-order valence-electron chi connectivity index (χ1n) is 7.64. The third-order valence-electron chi connectivity index (χ3n) is 3.85. The molecule has 5 nitrogen and oxygen atoms in total. The molecule has 2 aromatic rings. The van der Waals surface area contributed by atoms with Crippen molar-refractivity contribution in [1.82, 2.24) is 10.1 Å². The molecule has 1 aromatic carbocycles. The number of likely N-dealkylation sites (N-methyl/N-ethyl adjacent to an activating group) is 1. The molecule has 1 aromatic heterocycles. The minimum atomic E-state index is -0.882. The van der Waals surface area contributed by atoms with Crippen molar-refractivity contribution in [1.29, 1.82) is 0 Å². The molecule has 0 aliphatic carbocycles. The number of aromatic nitrogens is 1. The topological polar surface area (TPSA) is 66.6 Å². The van der Waals surface area contributed by atoms with Crippen molar-refractivity contribution in [2.45, 2.75) is 45.7 Å². The highest BCUT2D eigenvalue weighted by atomic mass is 16.5. The largest absolute Gasteiger partial charge is 0.480 e. The number of carboxylic acid groups (broad SMARTS) is 1. The average molecular weight is 316 g/mol. The SMILES string of the molecule is Cc1cc(CN(C)[C@H](C(=O)O)c2ccc(C(C)(C)C)cc2)on1. The van der Waals surface area contributed by atoms with Crippen molar-refractivity contribution >= 4 is 5.97 Å². The Morgan fingerprint density at radius 1 is 1.30 bits per heavy atom. The number of aryl methyl sites for hydroxylation is 1. The molecule has 1 N–H and O–H groups in total. The van der Waals surface area contributed by atoms with E-state index in [0.29, 0.717) is 12.3 Å². The Labute approximate surface area is 136 Å². The number of hydrogen-bond donors (Lipinski definition) is 1. The normalized spacial score (nSPS) is 13.3. The molecule has 0 bridgehead atoms. The fourth-order valence-electron chi connectivity index (χ4n) is 2.58. The smallest absolute Gasteiger partial charge is 0.325 e. The first-order chi connectivity index (χ1) is 10.7. The molecule has 2 rings (SSSR count). The summed E-state index contributed by atoms with van der Waals surface area (Å²) < 4.78 is 5.18. The van der Waals surface area contributed by atoms with E-state index in [0.717, 1.165) is 11.3 Å². The van der Waals surface area contributed by atoms with Crippen LogP contribution in [0.2, 0.25) is 0 Å². The number of aliphatic carboxylic acids is 1. The van der Waals surface area contributed by atoms with Gasteiger partial charge in [0.25, 0.3) is 0 Å². The number of carbonyl (C=O) groups is 1. The van der Waals surface area contributed by atoms with Crippen LogP contribution >= 0.6 is 0 Å². The second-order valence-corrected chi connectivity index (χ2v) is 6.96. The Hall–Kier alpha value is -2.14. The van der Waals surface area contributed by atoms with Crippen molar-refractivity contribution in [2.75, 3.05) is 7.05 Å². The second kappa shape index (κ2) is 6.54. The van der Waals surface area contributed by atoms with Gasteiger partial charge in [0.1, 0.15) is 6.04 Å². The maximum absolute atomic E-state index is 11.7. The number of rotatable bonds is 5. The van der Waals surface area contributed by atoms with E-state index in [9.17, 15) is 9.90 Å². The summed E-state index contributed by atoms with van der Waals surface area (Å²) >= 11 is 0. The van der Waals surface area contributed by atoms with Gasteiger partial charge in [-0.3, -0.25) is 9.69 Å². The van der Waals surface area contributed by atoms with Gasteiger partial charge < -0.3 is 9.63 Å². The molecule has 0 unspecified atom stereocenters. The number of nitrogens with zero attached hydrogens (tertiary/aromatic N) is 2. The molecule has 0 aliphatic rings. The molecule has 0 spiro atoms. The van der Waals surface area contributed by atoms with Crippen LogP contribution in [-0.2, 0) is 16.8 Å². The van der Waals surface area contributed by atoms with Crippen LogP contribution in [0.4, 0.5) is 0 Å². The summed E-state index contributed by atoms with van der Waals surface area (Å²) in [5, 5.41) is 13.5. The summed E-state index contributed by atoms with van der Waals surface area (Å²) in [4.78, 5) is 13.5. The monoisotopic (exact) mass is 316 g/mol. The predicted octanol–water partition coefficient (Wildman–Crippen LogP) is 3.54. The van der Waals surface area contributed by atoms with Crippen LogP contribution in [0.5, 0.6) is 0 Å². The molecule has 0 fully saturated rings. The lowest BCUT2D eigenvalue weighted by Gasteiger charge is -2.25. The average Bonchev–Trinajstić information content (AvgIpc) is 2.83. The summed E-state index contributed by atoms with van der Waals surface area (Å²) in [6, 6.07) is 8.87. The molecule has 0 aliphatic heterocycles. The molecule has 1 heterocycles. The molecule has 0 saturated carbocycles. The van der Waals surface area contributed by atoms with Gasteiger partial charge in [-0.25, -0.2) is 0 Å². The van der Waals surface area contributed by atoms with E-state index in [1.165, 1.54) is 5.56 Å². The Kier molecular flexibility index (Phi) is 4.90. The summed E-state index contributed by atoms with van der Waals surface area (Å²) in [6.07, 6.45) is 0. The van der Waals surface area contributed by atoms with E-state index in [4.69, 9.17) is 4.52 Å². The Morgan fingerprint density at radius 2 is 1.91 bits per heavy atom. The van der Waals surface area contributed by atoms with Gasteiger partial charge in [0.15, 0.2) is 5.76 Å². The molecule has 0 saturated heterocycles. The van der Waals surface area contributed by atoms with Crippen LogP contribution in [0.25, 0.3) is 0 Å². The lowest BCUT2D eigenvalue weighted by molar-refractivity contribution is -0.143. The first kappa shape index (κ1) is 17.2. The van der Waals surface area contributed by atoms with Gasteiger partial charge in [0.2, 0.25) is 0 Å². The van der Waals surface area contributed by atoms with Crippen LogP contribution in [0.1, 0.15) is 49.4 Å². The predicted molar refractivity (Wildman–Crippen MR) is 88.2 cm³/mol. The zero-order valence-electron chi connectivity index (χ0n) is 14.3. The van der Waals surface area contributed by atoms with Crippen LogP contribution in [0.3, 0.4) is 0 Å². The standard InChI is InChI=1S/C18H24N2O3/c1-12-10-15(23-19-12)11-20(5)16(17(21)22)13-6-8-14(9-7-13)18(2,3)4/h6-10,16H,11H2,1-5H3,(H,21,22)/t16-/m0/s1. The van der Waals surface area contributed by atoms with Crippen LogP contribution in [-0.4, -0.2) is 28.2 Å². The quantitative estimate of drug-likeness (QED) is 0.914. The third kappa shape index (κ3) is 4.20. The number of hydrogen-bond acceptors (Lipinski definition) is 4. The fraction of sp³-hybridized carbons (Fsp3) is 0.444. The Morgan fingerprint density at radius 3 is 2.35 bits per heavy atom. The van der Waals surface area contributed by atoms with Gasteiger partial charge >= 0.3 is 5.97 Å². The van der Waals surface area contributed by atoms with E-state index in [1.807, 2.05) is 37.3 Å². The Bertz CT molecular complexity index is 668. The highest BCUT2D eigenvalue weighted by Crippen LogP contribution is 2.26. The highest BCUT2D eigenvalue weighted by molar-refractivity contribution is 5.75. The van der Waals surface area contributed by atoms with Crippen LogP contribution < -0.4 is 0 Å². The minimum Gasteiger partial charge on any atom is -0.480 e. The van der Waals surface area contributed by atoms with E-state index in [1.54, 1.807) is 11.9 Å². The van der Waals surface area contributed by atoms with Crippen molar-refractivity contribution in [2.24, 2.45) is 0 Å². The summed E-state index contributed by atoms with van der Waals surface area (Å²) in [6.45, 7) is 8.63. The molecule has 1 atom stereocenters. The van der Waals surface area contributed by atoms with Gasteiger partial charge in [-0.1, -0.05) is 50.2 Å². The van der Waals surface area contributed by atoms with Crippen molar-refractivity contribution in [3.05, 3.63) is 52.9 Å². The van der Waals surface area contributed by atoms with Crippen molar-refractivity contribution in [3.8, 4) is 0 Å². The molecule has 5 heteroatoms. The summed E-state index contributed by atoms with van der Waals surface area (Å²) in [7, 11) is 1.77. The first-order valence-corrected chi connectivity index (χ1v) is 7.64. The van der Waals surface area contributed by atoms with Gasteiger partial charge in [-0.2, -0.15) is 0 Å². The third-order valence-corrected chi connectivity index (χ3v) is 3.85. The summed E-state index contributed by atoms with van der Waals surface area (Å²) in [5.41, 5.74) is 2.76. The number of carboxylic acids is 1. The van der Waals surface area contributed by atoms with Crippen molar-refractivity contribution < 1.29 is 14.4 Å². The van der Waals surface area contributed by atoms with Crippen LogP contribution in [0.15, 0.2) is 34.9 Å². The van der Waals surface area contributed by atoms with Gasteiger partial charge in [-0.05, 0) is 30.5 Å². The lowest BCUT2D eigenvalue weighted by Crippen LogP contribution is -2.30. The maximum Gasteiger partial charge on any atom is 0.325 e. The van der Waals surface area contributed by atoms with E-state index < -0.39 is 12.0 Å². The van der Waals surface area contributed by atoms with Gasteiger partial charge in [0.05, 0.1) is 12.2 Å². The number of benzene rings is 1. The van der Waals surface area contributed by atoms with Crippen molar-refractivity contribution in [3.63, 3.8) is 0 Å². The van der Waals surface area contributed by atoms with E-state index in [2.05, 4.69) is 25.9 Å². The fourth-order valence-corrected chi connectivity index (χ4v) is 2.58. The van der Waals surface area contributed by atoms with E-state index in [-0.39, 0.29) is 5.41 Å². The molecular formula is C18H24N2O3. The molecular weight excluding hydrogens is 292 g/mol. The maximum atomic E-state index is 11.7. The zero-order chi connectivity index (χ0) is 17.2. The second-order valence-electron chi connectivity index (χ2n) is 6.96. The Balaban J connectivity index is 2.22. The van der Waals surface area contributed by atoms with E-state index >= 15 is 0 Å². The summed E-state index contributed by atoms with van der Waals surface area (Å²) in [5.74, 6) is -0.227. The zero-order valence-corrected chi connectivity index (χ0v) is 14.3. The van der Waals surface area contributed by atoms with Gasteiger partial charge in [-0.15, -0.1) is 0 Å². The molecule has 124 valence electrons. The lowest BCUT2D eigenvalue weighted by atomic mass is 9.86. The van der Waals surface area contributed by atoms with Crippen LogP contribution in [0, 0.1) is 6.92 Å². The van der Waals surface area contributed by atoms with Gasteiger partial charge in [0, 0.05) is 6.07 Å². The highest BCUT2D eigenvalue weighted by Gasteiger charge is 2.26. The minimum absolute atomic E-state index is 0.0422.